The molecule has 2 rings (SSSR count). The van der Waals surface area contributed by atoms with Gasteiger partial charge in [0.15, 0.2) is 5.78 Å². The highest BCUT2D eigenvalue weighted by Gasteiger charge is 2.13. The van der Waals surface area contributed by atoms with E-state index in [-0.39, 0.29) is 5.78 Å². The molecule has 1 unspecified atom stereocenters. The molecule has 18 heavy (non-hydrogen) atoms. The fraction of sp³-hybridized carbons (Fsp3) is 0.462. The van der Waals surface area contributed by atoms with E-state index in [0.717, 1.165) is 12.1 Å². The summed E-state index contributed by atoms with van der Waals surface area (Å²) in [7, 11) is 1.82. The molecule has 0 amide bonds. The summed E-state index contributed by atoms with van der Waals surface area (Å²) in [5.74, 6) is 0.0457. The van der Waals surface area contributed by atoms with Gasteiger partial charge in [0.25, 0.3) is 0 Å². The van der Waals surface area contributed by atoms with Gasteiger partial charge in [-0.2, -0.15) is 5.10 Å². The van der Waals surface area contributed by atoms with Gasteiger partial charge in [-0.3, -0.25) is 9.48 Å². The Labute approximate surface area is 106 Å². The predicted octanol–water partition coefficient (Wildman–Crippen LogP) is 2.01. The molecule has 0 radical (unpaired) electrons. The highest BCUT2D eigenvalue weighted by Crippen LogP contribution is 2.11. The number of hydrogen-bond donors (Lipinski definition) is 0. The van der Waals surface area contributed by atoms with Gasteiger partial charge in [0, 0.05) is 19.3 Å². The summed E-state index contributed by atoms with van der Waals surface area (Å²) in [6.45, 7) is 4.23. The monoisotopic (exact) mass is 246 g/mol. The van der Waals surface area contributed by atoms with Crippen LogP contribution >= 0.6 is 0 Å². The largest absolute Gasteiger partial charge is 0.331 e. The van der Waals surface area contributed by atoms with Crippen LogP contribution in [0.25, 0.3) is 0 Å². The van der Waals surface area contributed by atoms with E-state index in [9.17, 15) is 4.79 Å². The summed E-state index contributed by atoms with van der Waals surface area (Å²) >= 11 is 0. The average Bonchev–Trinajstić information content (AvgIpc) is 2.97. The highest BCUT2D eigenvalue weighted by atomic mass is 16.1. The van der Waals surface area contributed by atoms with Crippen molar-refractivity contribution in [2.45, 2.75) is 32.7 Å². The van der Waals surface area contributed by atoms with Crippen LogP contribution in [-0.2, 0) is 13.5 Å². The van der Waals surface area contributed by atoms with Crippen molar-refractivity contribution in [2.75, 3.05) is 0 Å². The molecule has 0 aliphatic carbocycles. The Morgan fingerprint density at radius 1 is 1.50 bits per heavy atom. The van der Waals surface area contributed by atoms with Crippen LogP contribution in [-0.4, -0.2) is 25.1 Å². The Balaban J connectivity index is 2.08. The van der Waals surface area contributed by atoms with E-state index in [0.29, 0.717) is 18.2 Å². The van der Waals surface area contributed by atoms with Crippen LogP contribution in [0.2, 0.25) is 0 Å². The summed E-state index contributed by atoms with van der Waals surface area (Å²) in [6, 6.07) is 2.27. The van der Waals surface area contributed by atoms with Gasteiger partial charge in [0.2, 0.25) is 0 Å². The average molecular weight is 246 g/mol. The second-order valence-electron chi connectivity index (χ2n) is 4.53. The highest BCUT2D eigenvalue weighted by molar-refractivity contribution is 5.95. The van der Waals surface area contributed by atoms with Gasteiger partial charge in [-0.1, -0.05) is 6.92 Å². The second kappa shape index (κ2) is 5.16. The number of nitrogens with zero attached hydrogens (tertiary/aromatic N) is 4. The number of imidazole rings is 1. The third-order valence-corrected chi connectivity index (χ3v) is 3.15. The number of carbonyl (C=O) groups excluding carboxylic acids is 1. The molecule has 0 saturated heterocycles. The fourth-order valence-electron chi connectivity index (χ4n) is 1.79. The van der Waals surface area contributed by atoms with Gasteiger partial charge in [-0.25, -0.2) is 4.98 Å². The molecule has 1 atom stereocenters. The maximum atomic E-state index is 12.0. The lowest BCUT2D eigenvalue weighted by molar-refractivity contribution is 0.0984. The molecule has 2 heterocycles. The predicted molar refractivity (Wildman–Crippen MR) is 68.5 cm³/mol. The van der Waals surface area contributed by atoms with Crippen LogP contribution in [0.4, 0.5) is 0 Å². The van der Waals surface area contributed by atoms with Gasteiger partial charge in [0.1, 0.15) is 5.69 Å². The molecule has 0 aromatic carbocycles. The van der Waals surface area contributed by atoms with E-state index in [4.69, 9.17) is 0 Å². The van der Waals surface area contributed by atoms with Crippen molar-refractivity contribution in [3.05, 3.63) is 36.2 Å². The lowest BCUT2D eigenvalue weighted by Crippen LogP contribution is -2.10. The molecule has 2 aromatic rings. The number of carbonyl (C=O) groups is 1. The quantitative estimate of drug-likeness (QED) is 0.758. The van der Waals surface area contributed by atoms with Gasteiger partial charge < -0.3 is 4.57 Å². The lowest BCUT2D eigenvalue weighted by atomic mass is 10.2. The number of aryl methyl sites for hydroxylation is 1. The first-order valence-electron chi connectivity index (χ1n) is 6.15. The van der Waals surface area contributed by atoms with Gasteiger partial charge in [-0.05, 0) is 19.4 Å². The maximum Gasteiger partial charge on any atom is 0.186 e. The van der Waals surface area contributed by atoms with Crippen molar-refractivity contribution in [1.82, 2.24) is 19.3 Å². The van der Waals surface area contributed by atoms with Crippen LogP contribution in [0.3, 0.4) is 0 Å². The third kappa shape index (κ3) is 2.50. The Morgan fingerprint density at radius 2 is 2.28 bits per heavy atom. The number of rotatable bonds is 5. The lowest BCUT2D eigenvalue weighted by Gasteiger charge is -2.08. The maximum absolute atomic E-state index is 12.0. The number of Topliss-reactive ketones (excluding diaryl/α,β-unsaturated/α-hetero) is 1. The fourth-order valence-corrected chi connectivity index (χ4v) is 1.79. The summed E-state index contributed by atoms with van der Waals surface area (Å²) in [6.07, 6.45) is 6.50. The Hall–Kier alpha value is -1.91. The molecular formula is C13H18N4O. The molecule has 0 fully saturated rings. The SMILES string of the molecule is CCC(C)n1ccc(CC(=O)c2cncn2C)n1. The van der Waals surface area contributed by atoms with Crippen LogP contribution in [0.1, 0.15) is 42.5 Å². The summed E-state index contributed by atoms with van der Waals surface area (Å²) in [5, 5.41) is 4.43. The van der Waals surface area contributed by atoms with E-state index in [1.807, 2.05) is 24.0 Å². The topological polar surface area (TPSA) is 52.7 Å². The van der Waals surface area contributed by atoms with Crippen molar-refractivity contribution in [3.63, 3.8) is 0 Å². The Bertz CT molecular complexity index is 541. The summed E-state index contributed by atoms with van der Waals surface area (Å²) < 4.78 is 3.64. The molecule has 5 heteroatoms. The summed E-state index contributed by atoms with van der Waals surface area (Å²) in [5.41, 5.74) is 1.43. The molecule has 0 aliphatic rings. The first-order valence-corrected chi connectivity index (χ1v) is 6.15. The zero-order valence-corrected chi connectivity index (χ0v) is 11.0. The molecule has 0 spiro atoms. The van der Waals surface area contributed by atoms with Crippen molar-refractivity contribution < 1.29 is 4.79 Å². The van der Waals surface area contributed by atoms with Crippen molar-refractivity contribution in [2.24, 2.45) is 7.05 Å². The molecule has 2 aromatic heterocycles. The normalized spacial score (nSPS) is 12.6. The molecule has 96 valence electrons. The summed E-state index contributed by atoms with van der Waals surface area (Å²) in [4.78, 5) is 16.0. The Kier molecular flexibility index (Phi) is 3.60. The molecule has 0 N–H and O–H groups in total. The minimum absolute atomic E-state index is 0.0457. The minimum Gasteiger partial charge on any atom is -0.331 e. The number of aromatic nitrogens is 4. The second-order valence-corrected chi connectivity index (χ2v) is 4.53. The van der Waals surface area contributed by atoms with Crippen LogP contribution in [0.15, 0.2) is 24.8 Å². The minimum atomic E-state index is 0.0457. The zero-order chi connectivity index (χ0) is 13.1. The smallest absolute Gasteiger partial charge is 0.186 e. The van der Waals surface area contributed by atoms with E-state index in [2.05, 4.69) is 23.9 Å². The molecule has 0 saturated carbocycles. The molecular weight excluding hydrogens is 228 g/mol. The molecule has 0 aliphatic heterocycles. The third-order valence-electron chi connectivity index (χ3n) is 3.15. The first kappa shape index (κ1) is 12.5. The zero-order valence-electron chi connectivity index (χ0n) is 11.0. The molecule has 0 bridgehead atoms. The van der Waals surface area contributed by atoms with Gasteiger partial charge in [-0.15, -0.1) is 0 Å². The van der Waals surface area contributed by atoms with Crippen molar-refractivity contribution in [1.29, 1.82) is 0 Å². The Morgan fingerprint density at radius 3 is 2.89 bits per heavy atom. The van der Waals surface area contributed by atoms with Crippen molar-refractivity contribution >= 4 is 5.78 Å². The van der Waals surface area contributed by atoms with Crippen molar-refractivity contribution in [3.8, 4) is 0 Å². The number of ketones is 1. The first-order chi connectivity index (χ1) is 8.61. The standard InChI is InChI=1S/C13H18N4O/c1-4-10(2)17-6-5-11(15-17)7-13(18)12-8-14-9-16(12)3/h5-6,8-10H,4,7H2,1-3H3. The van der Waals surface area contributed by atoms with E-state index >= 15 is 0 Å². The molecule has 5 nitrogen and oxygen atoms in total. The van der Waals surface area contributed by atoms with E-state index in [1.165, 1.54) is 0 Å². The van der Waals surface area contributed by atoms with Crippen LogP contribution in [0.5, 0.6) is 0 Å². The van der Waals surface area contributed by atoms with Crippen LogP contribution < -0.4 is 0 Å². The van der Waals surface area contributed by atoms with E-state index < -0.39 is 0 Å². The number of hydrogen-bond acceptors (Lipinski definition) is 3. The van der Waals surface area contributed by atoms with Crippen LogP contribution in [0, 0.1) is 0 Å². The van der Waals surface area contributed by atoms with Gasteiger partial charge >= 0.3 is 0 Å². The van der Waals surface area contributed by atoms with Gasteiger partial charge in [0.05, 0.1) is 24.6 Å². The van der Waals surface area contributed by atoms with E-state index in [1.54, 1.807) is 17.1 Å².